The van der Waals surface area contributed by atoms with Crippen LogP contribution in [0.4, 0.5) is 8.78 Å². The van der Waals surface area contributed by atoms with Gasteiger partial charge in [-0.25, -0.2) is 8.78 Å². The van der Waals surface area contributed by atoms with Crippen LogP contribution in [0.2, 0.25) is 0 Å². The van der Waals surface area contributed by atoms with E-state index >= 15 is 0 Å². The van der Waals surface area contributed by atoms with Crippen molar-refractivity contribution in [2.24, 2.45) is 0 Å². The monoisotopic (exact) mass is 222 g/mol. The lowest BCUT2D eigenvalue weighted by molar-refractivity contribution is -0.129. The van der Waals surface area contributed by atoms with Gasteiger partial charge in [-0.2, -0.15) is 0 Å². The number of carbonyl (C=O) groups excluding carboxylic acids is 1. The first kappa shape index (κ1) is 12.3. The molecule has 0 atom stereocenters. The summed E-state index contributed by atoms with van der Waals surface area (Å²) in [5, 5.41) is 10.6. The molecule has 0 aromatic carbocycles. The van der Waals surface area contributed by atoms with Crippen LogP contribution in [0.5, 0.6) is 0 Å². The van der Waals surface area contributed by atoms with E-state index in [1.807, 2.05) is 0 Å². The molecule has 1 saturated heterocycles. The molecule has 0 saturated carbocycles. The fraction of sp³-hybridized carbons (Fsp3) is 0.889. The molecule has 0 unspecified atom stereocenters. The van der Waals surface area contributed by atoms with Gasteiger partial charge in [0.15, 0.2) is 0 Å². The Hall–Kier alpha value is -0.750. The van der Waals surface area contributed by atoms with Crippen molar-refractivity contribution >= 4 is 5.91 Å². The Morgan fingerprint density at radius 1 is 1.40 bits per heavy atom. The number of hydrogen-bond donors (Lipinski definition) is 2. The van der Waals surface area contributed by atoms with Gasteiger partial charge in [-0.05, 0) is 12.8 Å². The minimum atomic E-state index is -3.15. The lowest BCUT2D eigenvalue weighted by Gasteiger charge is -2.17. The number of likely N-dealkylation sites (tertiary alicyclic amines) is 1. The van der Waals surface area contributed by atoms with Crippen molar-refractivity contribution < 1.29 is 18.7 Å². The van der Waals surface area contributed by atoms with Gasteiger partial charge in [0.2, 0.25) is 5.91 Å². The van der Waals surface area contributed by atoms with Gasteiger partial charge in [0, 0.05) is 13.1 Å². The number of alkyl halides is 2. The van der Waals surface area contributed by atoms with Gasteiger partial charge < -0.3 is 15.3 Å². The Bertz CT molecular complexity index is 218. The number of nitrogens with zero attached hydrogens (tertiary/aromatic N) is 1. The number of nitrogens with one attached hydrogen (secondary N) is 1. The number of rotatable bonds is 5. The average molecular weight is 222 g/mol. The minimum Gasteiger partial charge on any atom is -0.390 e. The van der Waals surface area contributed by atoms with E-state index in [1.165, 1.54) is 0 Å². The van der Waals surface area contributed by atoms with Crippen LogP contribution in [0.25, 0.3) is 0 Å². The van der Waals surface area contributed by atoms with Crippen LogP contribution < -0.4 is 5.32 Å². The van der Waals surface area contributed by atoms with Crippen LogP contribution in [-0.2, 0) is 4.79 Å². The summed E-state index contributed by atoms with van der Waals surface area (Å²) in [6.45, 7) is -0.510. The molecule has 1 fully saturated rings. The number of halogens is 2. The smallest absolute Gasteiger partial charge is 0.282 e. The fourth-order valence-corrected chi connectivity index (χ4v) is 1.49. The minimum absolute atomic E-state index is 0.0877. The molecular weight excluding hydrogens is 206 g/mol. The fourth-order valence-electron chi connectivity index (χ4n) is 1.49. The van der Waals surface area contributed by atoms with Crippen molar-refractivity contribution in [3.8, 4) is 0 Å². The molecule has 2 N–H and O–H groups in total. The summed E-state index contributed by atoms with van der Waals surface area (Å²) in [5.74, 6) is -3.30. The molecule has 1 aliphatic rings. The molecule has 0 aromatic heterocycles. The van der Waals surface area contributed by atoms with Crippen molar-refractivity contribution in [1.82, 2.24) is 10.2 Å². The highest BCUT2D eigenvalue weighted by atomic mass is 19.3. The van der Waals surface area contributed by atoms with Gasteiger partial charge in [-0.1, -0.05) is 0 Å². The van der Waals surface area contributed by atoms with E-state index in [4.69, 9.17) is 5.11 Å². The second-order valence-corrected chi connectivity index (χ2v) is 3.71. The van der Waals surface area contributed by atoms with Crippen LogP contribution in [0.1, 0.15) is 12.8 Å². The molecule has 0 spiro atoms. The summed E-state index contributed by atoms with van der Waals surface area (Å²) >= 11 is 0. The summed E-state index contributed by atoms with van der Waals surface area (Å²) in [5.41, 5.74) is 0. The first-order valence-electron chi connectivity index (χ1n) is 5.02. The molecule has 0 aliphatic carbocycles. The van der Waals surface area contributed by atoms with Gasteiger partial charge >= 0.3 is 0 Å². The van der Waals surface area contributed by atoms with Crippen molar-refractivity contribution in [2.45, 2.75) is 18.8 Å². The van der Waals surface area contributed by atoms with Crippen molar-refractivity contribution in [3.63, 3.8) is 0 Å². The van der Waals surface area contributed by atoms with Crippen LogP contribution in [0.3, 0.4) is 0 Å². The summed E-state index contributed by atoms with van der Waals surface area (Å²) in [7, 11) is 0. The molecule has 4 nitrogen and oxygen atoms in total. The first-order chi connectivity index (χ1) is 7.05. The van der Waals surface area contributed by atoms with E-state index in [0.717, 1.165) is 25.9 Å². The van der Waals surface area contributed by atoms with Crippen LogP contribution in [0.15, 0.2) is 0 Å². The molecule has 6 heteroatoms. The van der Waals surface area contributed by atoms with Gasteiger partial charge in [0.05, 0.1) is 13.1 Å². The summed E-state index contributed by atoms with van der Waals surface area (Å²) in [6, 6.07) is 0. The predicted molar refractivity (Wildman–Crippen MR) is 50.7 cm³/mol. The second kappa shape index (κ2) is 5.37. The largest absolute Gasteiger partial charge is 0.390 e. The molecular formula is C9H16F2N2O2. The Morgan fingerprint density at radius 2 is 2.00 bits per heavy atom. The van der Waals surface area contributed by atoms with Crippen molar-refractivity contribution in [1.29, 1.82) is 0 Å². The quantitative estimate of drug-likeness (QED) is 0.679. The summed E-state index contributed by atoms with van der Waals surface area (Å²) in [4.78, 5) is 13.0. The van der Waals surface area contributed by atoms with E-state index < -0.39 is 19.1 Å². The lowest BCUT2D eigenvalue weighted by Crippen LogP contribution is -2.42. The summed E-state index contributed by atoms with van der Waals surface area (Å²) < 4.78 is 25.1. The molecule has 1 amide bonds. The van der Waals surface area contributed by atoms with Crippen molar-refractivity contribution in [3.05, 3.63) is 0 Å². The summed E-state index contributed by atoms with van der Waals surface area (Å²) in [6.07, 6.45) is 1.97. The molecule has 0 bridgehead atoms. The maximum absolute atomic E-state index is 12.5. The molecule has 88 valence electrons. The van der Waals surface area contributed by atoms with E-state index in [2.05, 4.69) is 5.32 Å². The zero-order valence-electron chi connectivity index (χ0n) is 8.51. The normalized spacial score (nSPS) is 17.1. The van der Waals surface area contributed by atoms with E-state index in [1.54, 1.807) is 4.90 Å². The van der Waals surface area contributed by atoms with E-state index in [9.17, 15) is 13.6 Å². The van der Waals surface area contributed by atoms with Crippen LogP contribution >= 0.6 is 0 Å². The highest BCUT2D eigenvalue weighted by Crippen LogP contribution is 2.10. The average Bonchev–Trinajstić information content (AvgIpc) is 2.70. The predicted octanol–water partition coefficient (Wildman–Crippen LogP) is -0.174. The zero-order chi connectivity index (χ0) is 11.3. The standard InChI is InChI=1S/C9H16F2N2O2/c10-9(11,7-14)6-12-5-8(15)13-3-1-2-4-13/h12,14H,1-7H2. The van der Waals surface area contributed by atoms with Gasteiger partial charge in [-0.15, -0.1) is 0 Å². The molecule has 15 heavy (non-hydrogen) atoms. The third kappa shape index (κ3) is 4.09. The van der Waals surface area contributed by atoms with Crippen LogP contribution in [-0.4, -0.2) is 54.6 Å². The molecule has 0 radical (unpaired) electrons. The van der Waals surface area contributed by atoms with Gasteiger partial charge in [0.1, 0.15) is 6.61 Å². The Labute approximate surface area is 87.2 Å². The highest BCUT2D eigenvalue weighted by molar-refractivity contribution is 5.78. The topological polar surface area (TPSA) is 52.6 Å². The lowest BCUT2D eigenvalue weighted by atomic mass is 10.3. The van der Waals surface area contributed by atoms with Crippen molar-refractivity contribution in [2.75, 3.05) is 32.8 Å². The van der Waals surface area contributed by atoms with E-state index in [0.29, 0.717) is 0 Å². The zero-order valence-corrected chi connectivity index (χ0v) is 8.51. The maximum atomic E-state index is 12.5. The SMILES string of the molecule is O=C(CNCC(F)(F)CO)N1CCCC1. The van der Waals surface area contributed by atoms with Gasteiger partial charge in [-0.3, -0.25) is 4.79 Å². The Morgan fingerprint density at radius 3 is 2.53 bits per heavy atom. The first-order valence-corrected chi connectivity index (χ1v) is 5.02. The Kier molecular flexibility index (Phi) is 4.41. The molecule has 1 rings (SSSR count). The number of hydrogen-bond acceptors (Lipinski definition) is 3. The number of aliphatic hydroxyl groups excluding tert-OH is 1. The Balaban J connectivity index is 2.16. The third-order valence-corrected chi connectivity index (χ3v) is 2.35. The van der Waals surface area contributed by atoms with Gasteiger partial charge in [0.25, 0.3) is 5.92 Å². The number of carbonyl (C=O) groups is 1. The maximum Gasteiger partial charge on any atom is 0.282 e. The molecule has 0 aromatic rings. The van der Waals surface area contributed by atoms with E-state index in [-0.39, 0.29) is 12.5 Å². The number of amides is 1. The highest BCUT2D eigenvalue weighted by Gasteiger charge is 2.27. The molecule has 1 heterocycles. The number of aliphatic hydroxyl groups is 1. The third-order valence-electron chi connectivity index (χ3n) is 2.35. The van der Waals surface area contributed by atoms with Crippen LogP contribution in [0, 0.1) is 0 Å². The molecule has 1 aliphatic heterocycles. The second-order valence-electron chi connectivity index (χ2n) is 3.71.